The second-order valence-corrected chi connectivity index (χ2v) is 9.35. The summed E-state index contributed by atoms with van der Waals surface area (Å²) in [5.74, 6) is 2.27. The van der Waals surface area contributed by atoms with Gasteiger partial charge in [-0.05, 0) is 56.8 Å². The first-order valence-corrected chi connectivity index (χ1v) is 11.0. The zero-order chi connectivity index (χ0) is 16.5. The molecule has 4 atom stereocenters. The first-order chi connectivity index (χ1) is 10.5. The van der Waals surface area contributed by atoms with Crippen molar-refractivity contribution in [3.63, 3.8) is 0 Å². The molecule has 0 bridgehead atoms. The lowest BCUT2D eigenvalue weighted by molar-refractivity contribution is 0.359. The molecule has 0 N–H and O–H groups in total. The Morgan fingerprint density at radius 2 is 1.23 bits per heavy atom. The van der Waals surface area contributed by atoms with Gasteiger partial charge >= 0.3 is 0 Å². The predicted octanol–water partition coefficient (Wildman–Crippen LogP) is 7.26. The molecule has 2 aliphatic carbocycles. The maximum absolute atomic E-state index is 6.02. The van der Waals surface area contributed by atoms with Crippen LogP contribution in [0.4, 0.5) is 0 Å². The summed E-state index contributed by atoms with van der Waals surface area (Å²) in [6.07, 6.45) is 9.10. The van der Waals surface area contributed by atoms with Crippen LogP contribution in [0.2, 0.25) is 0 Å². The van der Waals surface area contributed by atoms with Crippen LogP contribution in [0, 0.1) is 11.8 Å². The van der Waals surface area contributed by atoms with Crippen molar-refractivity contribution < 1.29 is 0 Å². The van der Waals surface area contributed by atoms with E-state index < -0.39 is 0 Å². The Morgan fingerprint density at radius 1 is 0.682 bits per heavy atom. The minimum atomic E-state index is 0.123. The van der Waals surface area contributed by atoms with Gasteiger partial charge in [0.05, 0.1) is 0 Å². The van der Waals surface area contributed by atoms with E-state index in [1.807, 2.05) is 0 Å². The molecule has 0 nitrogen and oxygen atoms in total. The molecule has 2 rings (SSSR count). The standard InChI is InChI=1S/2C8H13Cl3/c9-5-8(11)6-1-3-7(10)4-2-6;9-5-8(11)6-2-1-3-7(10)4-6/h2*6-8H,1-5H2. The van der Waals surface area contributed by atoms with E-state index in [4.69, 9.17) is 69.6 Å². The van der Waals surface area contributed by atoms with Crippen molar-refractivity contribution in [1.29, 1.82) is 0 Å². The van der Waals surface area contributed by atoms with E-state index in [0.29, 0.717) is 34.3 Å². The maximum Gasteiger partial charge on any atom is 0.0500 e. The average Bonchev–Trinajstić information content (AvgIpc) is 2.54. The fourth-order valence-corrected chi connectivity index (χ4v) is 4.81. The van der Waals surface area contributed by atoms with Crippen LogP contribution in [0.1, 0.15) is 51.4 Å². The molecular formula is C16H26Cl6. The molecule has 6 heteroatoms. The van der Waals surface area contributed by atoms with Crippen LogP contribution < -0.4 is 0 Å². The zero-order valence-corrected chi connectivity index (χ0v) is 17.3. The third-order valence-electron chi connectivity index (χ3n) is 4.67. The van der Waals surface area contributed by atoms with Gasteiger partial charge in [-0.2, -0.15) is 0 Å². The van der Waals surface area contributed by atoms with Gasteiger partial charge in [-0.3, -0.25) is 0 Å². The largest absolute Gasteiger partial charge is 0.125 e. The monoisotopic (exact) mass is 428 g/mol. The highest BCUT2D eigenvalue weighted by Gasteiger charge is 2.26. The van der Waals surface area contributed by atoms with E-state index in [1.165, 1.54) is 12.8 Å². The van der Waals surface area contributed by atoms with Crippen LogP contribution in [0.5, 0.6) is 0 Å². The Balaban J connectivity index is 0.000000220. The van der Waals surface area contributed by atoms with Gasteiger partial charge in [-0.25, -0.2) is 0 Å². The van der Waals surface area contributed by atoms with Gasteiger partial charge < -0.3 is 0 Å². The molecule has 4 unspecified atom stereocenters. The molecule has 132 valence electrons. The second-order valence-electron chi connectivity index (χ2n) is 6.38. The number of hydrogen-bond acceptors (Lipinski definition) is 0. The first kappa shape index (κ1) is 21.8. The smallest absolute Gasteiger partial charge is 0.0500 e. The quantitative estimate of drug-likeness (QED) is 0.411. The lowest BCUT2D eigenvalue weighted by Gasteiger charge is -2.27. The number of alkyl halides is 6. The Kier molecular flexibility index (Phi) is 12.0. The molecule has 0 spiro atoms. The molecule has 2 fully saturated rings. The lowest BCUT2D eigenvalue weighted by atomic mass is 9.87. The molecule has 0 aromatic rings. The van der Waals surface area contributed by atoms with Gasteiger partial charge in [0.1, 0.15) is 0 Å². The summed E-state index contributed by atoms with van der Waals surface area (Å²) >= 11 is 35.3. The normalized spacial score (nSPS) is 35.2. The van der Waals surface area contributed by atoms with Gasteiger partial charge in [-0.15, -0.1) is 69.6 Å². The Bertz CT molecular complexity index is 280. The summed E-state index contributed by atoms with van der Waals surface area (Å²) in [5, 5.41) is 0.989. The molecule has 2 saturated carbocycles. The Labute approximate surface area is 165 Å². The fourth-order valence-electron chi connectivity index (χ4n) is 3.19. The van der Waals surface area contributed by atoms with Gasteiger partial charge in [0.25, 0.3) is 0 Å². The minimum absolute atomic E-state index is 0.123. The summed E-state index contributed by atoms with van der Waals surface area (Å²) in [7, 11) is 0. The minimum Gasteiger partial charge on any atom is -0.125 e. The van der Waals surface area contributed by atoms with Crippen molar-refractivity contribution in [2.45, 2.75) is 72.9 Å². The zero-order valence-electron chi connectivity index (χ0n) is 12.8. The van der Waals surface area contributed by atoms with E-state index in [2.05, 4.69) is 0 Å². The maximum atomic E-state index is 6.02. The third-order valence-corrected chi connectivity index (χ3v) is 7.50. The van der Waals surface area contributed by atoms with E-state index in [0.717, 1.165) is 38.5 Å². The van der Waals surface area contributed by atoms with Crippen molar-refractivity contribution in [3.05, 3.63) is 0 Å². The number of hydrogen-bond donors (Lipinski definition) is 0. The predicted molar refractivity (Wildman–Crippen MR) is 104 cm³/mol. The van der Waals surface area contributed by atoms with E-state index in [-0.39, 0.29) is 10.8 Å². The van der Waals surface area contributed by atoms with Crippen LogP contribution >= 0.6 is 69.6 Å². The van der Waals surface area contributed by atoms with Gasteiger partial charge in [-0.1, -0.05) is 6.42 Å². The summed E-state index contributed by atoms with van der Waals surface area (Å²) in [5.41, 5.74) is 0. The van der Waals surface area contributed by atoms with Gasteiger partial charge in [0.15, 0.2) is 0 Å². The first-order valence-electron chi connectivity index (χ1n) is 8.16. The van der Waals surface area contributed by atoms with Gasteiger partial charge in [0.2, 0.25) is 0 Å². The highest BCUT2D eigenvalue weighted by molar-refractivity contribution is 6.28. The summed E-state index contributed by atoms with van der Waals surface area (Å²) < 4.78 is 0. The van der Waals surface area contributed by atoms with Crippen molar-refractivity contribution in [2.24, 2.45) is 11.8 Å². The van der Waals surface area contributed by atoms with Crippen LogP contribution in [0.3, 0.4) is 0 Å². The molecule has 0 heterocycles. The molecular weight excluding hydrogens is 405 g/mol. The van der Waals surface area contributed by atoms with Crippen LogP contribution in [-0.4, -0.2) is 33.3 Å². The van der Waals surface area contributed by atoms with E-state index in [9.17, 15) is 0 Å². The fraction of sp³-hybridized carbons (Fsp3) is 1.00. The van der Waals surface area contributed by atoms with Crippen LogP contribution in [0.15, 0.2) is 0 Å². The topological polar surface area (TPSA) is 0 Å². The van der Waals surface area contributed by atoms with Crippen molar-refractivity contribution in [3.8, 4) is 0 Å². The van der Waals surface area contributed by atoms with Crippen molar-refractivity contribution in [2.75, 3.05) is 11.8 Å². The summed E-state index contributed by atoms with van der Waals surface area (Å²) in [4.78, 5) is 0. The summed E-state index contributed by atoms with van der Waals surface area (Å²) in [6.45, 7) is 0. The molecule has 0 aromatic carbocycles. The SMILES string of the molecule is ClCC(Cl)C1CCC(Cl)CC1.ClCC(Cl)C1CCCC(Cl)C1. The van der Waals surface area contributed by atoms with Gasteiger partial charge in [0, 0.05) is 33.3 Å². The van der Waals surface area contributed by atoms with Crippen molar-refractivity contribution >= 4 is 69.6 Å². The number of halogens is 6. The molecule has 22 heavy (non-hydrogen) atoms. The molecule has 0 radical (unpaired) electrons. The molecule has 0 aromatic heterocycles. The highest BCUT2D eigenvalue weighted by Crippen LogP contribution is 2.33. The molecule has 0 saturated heterocycles. The lowest BCUT2D eigenvalue weighted by Crippen LogP contribution is -2.24. The van der Waals surface area contributed by atoms with Crippen molar-refractivity contribution in [1.82, 2.24) is 0 Å². The molecule has 0 amide bonds. The van der Waals surface area contributed by atoms with Crippen LogP contribution in [0.25, 0.3) is 0 Å². The molecule has 2 aliphatic rings. The Morgan fingerprint density at radius 3 is 1.73 bits per heavy atom. The van der Waals surface area contributed by atoms with Crippen LogP contribution in [-0.2, 0) is 0 Å². The second kappa shape index (κ2) is 12.2. The molecule has 0 aliphatic heterocycles. The number of rotatable bonds is 4. The summed E-state index contributed by atoms with van der Waals surface area (Å²) in [6, 6.07) is 0. The van der Waals surface area contributed by atoms with E-state index >= 15 is 0 Å². The third kappa shape index (κ3) is 8.21. The average molecular weight is 431 g/mol. The Hall–Kier alpha value is 1.74. The van der Waals surface area contributed by atoms with E-state index in [1.54, 1.807) is 0 Å². The highest BCUT2D eigenvalue weighted by atomic mass is 35.5.